The van der Waals surface area contributed by atoms with E-state index in [2.05, 4.69) is 22.3 Å². The number of nitrogens with one attached hydrogen (secondary N) is 1. The monoisotopic (exact) mass is 439 g/mol. The summed E-state index contributed by atoms with van der Waals surface area (Å²) in [5.41, 5.74) is 1.64. The molecule has 2 aliphatic rings. The summed E-state index contributed by atoms with van der Waals surface area (Å²) in [4.78, 5) is 29.0. The number of hydrogen-bond acceptors (Lipinski definition) is 6. The highest BCUT2D eigenvalue weighted by molar-refractivity contribution is 5.94. The second kappa shape index (κ2) is 10.1. The van der Waals surface area contributed by atoms with Gasteiger partial charge in [0.15, 0.2) is 0 Å². The minimum absolute atomic E-state index is 0.00725. The quantitative estimate of drug-likeness (QED) is 0.611. The van der Waals surface area contributed by atoms with E-state index in [0.29, 0.717) is 18.7 Å². The number of amides is 2. The average Bonchev–Trinajstić information content (AvgIpc) is 3.11. The number of hydrogen-bond donors (Lipinski definition) is 3. The summed E-state index contributed by atoms with van der Waals surface area (Å²) in [6.07, 6.45) is -3.93. The summed E-state index contributed by atoms with van der Waals surface area (Å²) in [5, 5.41) is 23.4. The first-order valence-corrected chi connectivity index (χ1v) is 11.0. The van der Waals surface area contributed by atoms with Gasteiger partial charge in [0.05, 0.1) is 12.5 Å². The Hall–Kier alpha value is -2.94. The second-order valence-electron chi connectivity index (χ2n) is 8.18. The van der Waals surface area contributed by atoms with Crippen LogP contribution in [0.1, 0.15) is 16.8 Å². The molecule has 0 aromatic heterocycles. The first-order valence-electron chi connectivity index (χ1n) is 11.0. The van der Waals surface area contributed by atoms with E-state index in [9.17, 15) is 19.8 Å². The number of benzene rings is 2. The number of carbonyl (C=O) groups excluding carboxylic acids is 2. The molecule has 8 nitrogen and oxygen atoms in total. The number of aliphatic hydroxyl groups excluding tert-OH is 2. The maximum Gasteiger partial charge on any atom is 0.251 e. The summed E-state index contributed by atoms with van der Waals surface area (Å²) in [6.45, 7) is 2.71. The summed E-state index contributed by atoms with van der Waals surface area (Å²) < 4.78 is 5.75. The van der Waals surface area contributed by atoms with Crippen LogP contribution in [0.5, 0.6) is 0 Å². The van der Waals surface area contributed by atoms with E-state index in [0.717, 1.165) is 18.8 Å². The molecule has 2 aliphatic heterocycles. The number of piperazine rings is 1. The number of para-hydroxylation sites is 1. The molecular weight excluding hydrogens is 410 g/mol. The molecule has 0 aliphatic carbocycles. The van der Waals surface area contributed by atoms with Gasteiger partial charge in [-0.15, -0.1) is 0 Å². The molecule has 170 valence electrons. The van der Waals surface area contributed by atoms with E-state index in [4.69, 9.17) is 4.74 Å². The lowest BCUT2D eigenvalue weighted by Crippen LogP contribution is -2.49. The molecule has 2 aromatic carbocycles. The summed E-state index contributed by atoms with van der Waals surface area (Å²) >= 11 is 0. The lowest BCUT2D eigenvalue weighted by Gasteiger charge is -2.36. The Bertz CT molecular complexity index is 902. The van der Waals surface area contributed by atoms with Crippen LogP contribution in [0.2, 0.25) is 0 Å². The van der Waals surface area contributed by atoms with Gasteiger partial charge in [-0.3, -0.25) is 9.59 Å². The number of aliphatic hydroxyl groups is 2. The lowest BCUT2D eigenvalue weighted by molar-refractivity contribution is -0.135. The highest BCUT2D eigenvalue weighted by Gasteiger charge is 2.44. The molecule has 4 atom stereocenters. The van der Waals surface area contributed by atoms with Gasteiger partial charge in [0.2, 0.25) is 5.91 Å². The van der Waals surface area contributed by atoms with Crippen LogP contribution in [0, 0.1) is 0 Å². The number of carbonyl (C=O) groups is 2. The lowest BCUT2D eigenvalue weighted by atomic mass is 10.0. The van der Waals surface area contributed by atoms with Gasteiger partial charge >= 0.3 is 0 Å². The van der Waals surface area contributed by atoms with E-state index in [1.54, 1.807) is 29.2 Å². The Labute approximate surface area is 187 Å². The molecule has 3 N–H and O–H groups in total. The molecule has 8 heteroatoms. The molecular formula is C24H29N3O5. The third-order valence-corrected chi connectivity index (χ3v) is 6.09. The van der Waals surface area contributed by atoms with Crippen LogP contribution in [0.3, 0.4) is 0 Å². The molecule has 4 rings (SSSR count). The zero-order valence-corrected chi connectivity index (χ0v) is 17.8. The minimum Gasteiger partial charge on any atom is -0.388 e. The molecule has 0 saturated carbocycles. The molecule has 0 bridgehead atoms. The average molecular weight is 440 g/mol. The van der Waals surface area contributed by atoms with Crippen molar-refractivity contribution in [2.45, 2.75) is 30.8 Å². The molecule has 0 radical (unpaired) electrons. The van der Waals surface area contributed by atoms with E-state index in [-0.39, 0.29) is 24.8 Å². The molecule has 2 aromatic rings. The van der Waals surface area contributed by atoms with Gasteiger partial charge in [0, 0.05) is 44.0 Å². The number of ether oxygens (including phenoxy) is 1. The van der Waals surface area contributed by atoms with Gasteiger partial charge in [-0.1, -0.05) is 36.4 Å². The maximum absolute atomic E-state index is 12.8. The smallest absolute Gasteiger partial charge is 0.251 e. The number of nitrogens with zero attached hydrogens (tertiary/aromatic N) is 2. The fourth-order valence-corrected chi connectivity index (χ4v) is 4.20. The van der Waals surface area contributed by atoms with Crippen molar-refractivity contribution in [2.24, 2.45) is 0 Å². The van der Waals surface area contributed by atoms with Crippen molar-refractivity contribution in [3.8, 4) is 0 Å². The van der Waals surface area contributed by atoms with Gasteiger partial charge in [0.25, 0.3) is 5.91 Å². The van der Waals surface area contributed by atoms with Crippen molar-refractivity contribution in [1.82, 2.24) is 10.2 Å². The normalized spacial score (nSPS) is 25.6. The predicted molar refractivity (Wildman–Crippen MR) is 119 cm³/mol. The Morgan fingerprint density at radius 3 is 2.12 bits per heavy atom. The molecule has 0 unspecified atom stereocenters. The molecule has 2 amide bonds. The van der Waals surface area contributed by atoms with Gasteiger partial charge in [-0.25, -0.2) is 0 Å². The van der Waals surface area contributed by atoms with Crippen molar-refractivity contribution < 1.29 is 24.5 Å². The fraction of sp³-hybridized carbons (Fsp3) is 0.417. The van der Waals surface area contributed by atoms with Crippen LogP contribution in [0.25, 0.3) is 0 Å². The third kappa shape index (κ3) is 5.09. The molecule has 2 fully saturated rings. The number of anilines is 1. The number of rotatable bonds is 6. The van der Waals surface area contributed by atoms with E-state index in [1.165, 1.54) is 0 Å². The first kappa shape index (κ1) is 22.3. The van der Waals surface area contributed by atoms with Crippen LogP contribution in [-0.2, 0) is 9.53 Å². The first-order chi connectivity index (χ1) is 15.5. The summed E-state index contributed by atoms with van der Waals surface area (Å²) in [7, 11) is 0. The minimum atomic E-state index is -1.18. The highest BCUT2D eigenvalue weighted by atomic mass is 16.5. The van der Waals surface area contributed by atoms with Crippen LogP contribution in [0.4, 0.5) is 5.69 Å². The van der Waals surface area contributed by atoms with Crippen molar-refractivity contribution in [3.05, 3.63) is 66.2 Å². The highest BCUT2D eigenvalue weighted by Crippen LogP contribution is 2.25. The van der Waals surface area contributed by atoms with Crippen molar-refractivity contribution in [3.63, 3.8) is 0 Å². The summed E-state index contributed by atoms with van der Waals surface area (Å²) in [5.74, 6) is -0.394. The third-order valence-electron chi connectivity index (χ3n) is 6.09. The second-order valence-corrected chi connectivity index (χ2v) is 8.18. The van der Waals surface area contributed by atoms with Crippen LogP contribution in [0.15, 0.2) is 60.7 Å². The van der Waals surface area contributed by atoms with Crippen molar-refractivity contribution >= 4 is 17.5 Å². The van der Waals surface area contributed by atoms with E-state index in [1.807, 2.05) is 24.3 Å². The molecule has 2 heterocycles. The SMILES string of the molecule is O=C(NC[C@H]1O[C@@H](CC(=O)N2CCN(c3ccccc3)CC2)[C@H](O)[C@@H]1O)c1ccccc1. The van der Waals surface area contributed by atoms with Gasteiger partial charge in [-0.05, 0) is 24.3 Å². The Balaban J connectivity index is 1.25. The molecule has 0 spiro atoms. The predicted octanol–water partition coefficient (Wildman–Crippen LogP) is 0.645. The van der Waals surface area contributed by atoms with Crippen LogP contribution in [-0.4, -0.2) is 84.1 Å². The Morgan fingerprint density at radius 2 is 1.47 bits per heavy atom. The van der Waals surface area contributed by atoms with Crippen LogP contribution >= 0.6 is 0 Å². The van der Waals surface area contributed by atoms with E-state index >= 15 is 0 Å². The largest absolute Gasteiger partial charge is 0.388 e. The zero-order chi connectivity index (χ0) is 22.5. The Morgan fingerprint density at radius 1 is 0.875 bits per heavy atom. The topological polar surface area (TPSA) is 102 Å². The van der Waals surface area contributed by atoms with Gasteiger partial charge in [-0.2, -0.15) is 0 Å². The fourth-order valence-electron chi connectivity index (χ4n) is 4.20. The van der Waals surface area contributed by atoms with Gasteiger partial charge < -0.3 is 30.1 Å². The maximum atomic E-state index is 12.8. The standard InChI is InChI=1S/C24H29N3O5/c28-21(27-13-11-26(12-14-27)18-9-5-2-6-10-18)15-19-22(29)23(30)20(32-19)16-25-24(31)17-7-3-1-4-8-17/h1-10,19-20,22-23,29-30H,11-16H2,(H,25,31)/t19-,20+,22-,23+/m0/s1. The van der Waals surface area contributed by atoms with Gasteiger partial charge in [0.1, 0.15) is 18.3 Å². The Kier molecular flexibility index (Phi) is 7.04. The zero-order valence-electron chi connectivity index (χ0n) is 17.8. The van der Waals surface area contributed by atoms with Crippen LogP contribution < -0.4 is 10.2 Å². The van der Waals surface area contributed by atoms with Crippen molar-refractivity contribution in [2.75, 3.05) is 37.6 Å². The van der Waals surface area contributed by atoms with Crippen molar-refractivity contribution in [1.29, 1.82) is 0 Å². The van der Waals surface area contributed by atoms with E-state index < -0.39 is 24.4 Å². The molecule has 32 heavy (non-hydrogen) atoms. The molecule has 2 saturated heterocycles. The summed E-state index contributed by atoms with van der Waals surface area (Å²) in [6, 6.07) is 18.8.